The summed E-state index contributed by atoms with van der Waals surface area (Å²) in [5.74, 6) is -0.390. The summed E-state index contributed by atoms with van der Waals surface area (Å²) < 4.78 is 0. The number of carbonyl (C=O) groups excluding carboxylic acids is 2. The number of nitrogens with one attached hydrogen (secondary N) is 1. The molecule has 0 spiro atoms. The zero-order valence-corrected chi connectivity index (χ0v) is 19.7. The van der Waals surface area contributed by atoms with Crippen LogP contribution in [0.1, 0.15) is 33.6 Å². The molecule has 1 fully saturated rings. The van der Waals surface area contributed by atoms with E-state index >= 15 is 0 Å². The fourth-order valence-corrected chi connectivity index (χ4v) is 4.82. The largest absolute Gasteiger partial charge is 0.349 e. The molecular formula is C25H22ClN3O4S. The number of halogens is 1. The number of nitro benzene ring substituents is 1. The number of likely N-dealkylation sites (tertiary alicyclic amines) is 1. The molecule has 0 bridgehead atoms. The molecule has 174 valence electrons. The highest BCUT2D eigenvalue weighted by atomic mass is 35.5. The molecule has 3 aromatic carbocycles. The lowest BCUT2D eigenvalue weighted by atomic mass is 10.0. The van der Waals surface area contributed by atoms with Crippen LogP contribution in [0.25, 0.3) is 0 Å². The van der Waals surface area contributed by atoms with Crippen molar-refractivity contribution in [1.82, 2.24) is 10.2 Å². The minimum absolute atomic E-state index is 0.0372. The molecule has 1 N–H and O–H groups in total. The van der Waals surface area contributed by atoms with Gasteiger partial charge in [-0.15, -0.1) is 0 Å². The van der Waals surface area contributed by atoms with Gasteiger partial charge in [0.15, 0.2) is 0 Å². The van der Waals surface area contributed by atoms with Crippen molar-refractivity contribution in [3.8, 4) is 0 Å². The number of piperidine rings is 1. The molecule has 1 heterocycles. The Bertz CT molecular complexity index is 1200. The first-order valence-electron chi connectivity index (χ1n) is 10.8. The van der Waals surface area contributed by atoms with E-state index in [4.69, 9.17) is 11.6 Å². The SMILES string of the molecule is O=C(NC1CCN(C(=O)c2cc([N+](=O)[O-])ccc2Sc2ccc(Cl)cc2)CC1)c1ccccc1. The van der Waals surface area contributed by atoms with Gasteiger partial charge in [0.25, 0.3) is 17.5 Å². The van der Waals surface area contributed by atoms with E-state index in [-0.39, 0.29) is 23.5 Å². The number of nitrogens with zero attached hydrogens (tertiary/aromatic N) is 2. The standard InChI is InChI=1S/C25H22ClN3O4S/c26-18-6-9-21(10-7-18)34-23-11-8-20(29(32)33)16-22(23)25(31)28-14-12-19(13-15-28)27-24(30)17-4-2-1-3-5-17/h1-11,16,19H,12-15H2,(H,27,30). The highest BCUT2D eigenvalue weighted by Crippen LogP contribution is 2.34. The number of hydrogen-bond donors (Lipinski definition) is 1. The van der Waals surface area contributed by atoms with Crippen molar-refractivity contribution in [2.45, 2.75) is 28.7 Å². The van der Waals surface area contributed by atoms with Crippen molar-refractivity contribution in [1.29, 1.82) is 0 Å². The summed E-state index contributed by atoms with van der Waals surface area (Å²) in [7, 11) is 0. The molecule has 0 unspecified atom stereocenters. The zero-order valence-electron chi connectivity index (χ0n) is 18.1. The maximum Gasteiger partial charge on any atom is 0.270 e. The molecule has 4 rings (SSSR count). The minimum atomic E-state index is -0.501. The second-order valence-electron chi connectivity index (χ2n) is 7.90. The number of amides is 2. The summed E-state index contributed by atoms with van der Waals surface area (Å²) in [4.78, 5) is 39.8. The molecule has 3 aromatic rings. The Balaban J connectivity index is 1.46. The van der Waals surface area contributed by atoms with Crippen molar-refractivity contribution in [3.05, 3.63) is 99.1 Å². The van der Waals surface area contributed by atoms with Gasteiger partial charge in [0, 0.05) is 51.6 Å². The van der Waals surface area contributed by atoms with E-state index < -0.39 is 4.92 Å². The highest BCUT2D eigenvalue weighted by molar-refractivity contribution is 7.99. The van der Waals surface area contributed by atoms with E-state index in [1.807, 2.05) is 30.3 Å². The molecule has 1 aliphatic heterocycles. The van der Waals surface area contributed by atoms with Crippen LogP contribution in [0.2, 0.25) is 5.02 Å². The molecule has 34 heavy (non-hydrogen) atoms. The molecule has 0 saturated carbocycles. The van der Waals surface area contributed by atoms with Crippen LogP contribution in [0.3, 0.4) is 0 Å². The molecule has 1 saturated heterocycles. The lowest BCUT2D eigenvalue weighted by Gasteiger charge is -2.32. The Labute approximate surface area is 206 Å². The van der Waals surface area contributed by atoms with Crippen LogP contribution in [-0.4, -0.2) is 40.8 Å². The number of benzene rings is 3. The van der Waals surface area contributed by atoms with Crippen LogP contribution in [0.15, 0.2) is 82.6 Å². The Morgan fingerprint density at radius 2 is 1.68 bits per heavy atom. The Hall–Kier alpha value is -3.36. The van der Waals surface area contributed by atoms with Crippen LogP contribution in [-0.2, 0) is 0 Å². The molecule has 9 heteroatoms. The average molecular weight is 496 g/mol. The van der Waals surface area contributed by atoms with Gasteiger partial charge in [0.1, 0.15) is 0 Å². The number of rotatable bonds is 6. The lowest BCUT2D eigenvalue weighted by molar-refractivity contribution is -0.384. The van der Waals surface area contributed by atoms with E-state index in [1.54, 1.807) is 35.2 Å². The van der Waals surface area contributed by atoms with Crippen LogP contribution >= 0.6 is 23.4 Å². The summed E-state index contributed by atoms with van der Waals surface area (Å²) in [5, 5.41) is 15.0. The van der Waals surface area contributed by atoms with Crippen molar-refractivity contribution in [2.75, 3.05) is 13.1 Å². The summed E-state index contributed by atoms with van der Waals surface area (Å²) in [6.45, 7) is 0.901. The van der Waals surface area contributed by atoms with E-state index in [9.17, 15) is 19.7 Å². The highest BCUT2D eigenvalue weighted by Gasteiger charge is 2.27. The Kier molecular flexibility index (Phi) is 7.49. The maximum atomic E-state index is 13.4. The van der Waals surface area contributed by atoms with Gasteiger partial charge in [0.05, 0.1) is 10.5 Å². The average Bonchev–Trinajstić information content (AvgIpc) is 2.86. The first-order valence-corrected chi connectivity index (χ1v) is 12.0. The smallest absolute Gasteiger partial charge is 0.270 e. The second kappa shape index (κ2) is 10.7. The normalized spacial score (nSPS) is 14.0. The summed E-state index contributed by atoms with van der Waals surface area (Å²) in [5.41, 5.74) is 0.760. The Morgan fingerprint density at radius 1 is 1.00 bits per heavy atom. The molecular weight excluding hydrogens is 474 g/mol. The number of nitro groups is 1. The molecule has 0 aromatic heterocycles. The number of hydrogen-bond acceptors (Lipinski definition) is 5. The van der Waals surface area contributed by atoms with E-state index in [2.05, 4.69) is 5.32 Å². The van der Waals surface area contributed by atoms with Crippen LogP contribution in [0.4, 0.5) is 5.69 Å². The van der Waals surface area contributed by atoms with Crippen LogP contribution < -0.4 is 5.32 Å². The van der Waals surface area contributed by atoms with Gasteiger partial charge < -0.3 is 10.2 Å². The van der Waals surface area contributed by atoms with Gasteiger partial charge in [-0.2, -0.15) is 0 Å². The van der Waals surface area contributed by atoms with Gasteiger partial charge in [-0.1, -0.05) is 41.6 Å². The van der Waals surface area contributed by atoms with Crippen molar-refractivity contribution in [3.63, 3.8) is 0 Å². The first-order chi connectivity index (χ1) is 16.4. The zero-order chi connectivity index (χ0) is 24.1. The first kappa shape index (κ1) is 23.8. The third-order valence-electron chi connectivity index (χ3n) is 5.60. The monoisotopic (exact) mass is 495 g/mol. The lowest BCUT2D eigenvalue weighted by Crippen LogP contribution is -2.46. The van der Waals surface area contributed by atoms with Crippen molar-refractivity contribution in [2.24, 2.45) is 0 Å². The molecule has 1 aliphatic rings. The van der Waals surface area contributed by atoms with Crippen LogP contribution in [0.5, 0.6) is 0 Å². The maximum absolute atomic E-state index is 13.4. The van der Waals surface area contributed by atoms with Gasteiger partial charge in [0.2, 0.25) is 0 Å². The second-order valence-corrected chi connectivity index (χ2v) is 9.45. The number of non-ortho nitro benzene ring substituents is 1. The number of carbonyl (C=O) groups is 2. The van der Waals surface area contributed by atoms with Gasteiger partial charge in [-0.3, -0.25) is 19.7 Å². The van der Waals surface area contributed by atoms with Crippen molar-refractivity contribution >= 4 is 40.9 Å². The predicted molar refractivity (Wildman–Crippen MR) is 132 cm³/mol. The van der Waals surface area contributed by atoms with Crippen molar-refractivity contribution < 1.29 is 14.5 Å². The molecule has 0 radical (unpaired) electrons. The van der Waals surface area contributed by atoms with Gasteiger partial charge in [-0.25, -0.2) is 0 Å². The topological polar surface area (TPSA) is 92.6 Å². The molecule has 0 aliphatic carbocycles. The molecule has 2 amide bonds. The third kappa shape index (κ3) is 5.76. The summed E-state index contributed by atoms with van der Waals surface area (Å²) >= 11 is 7.32. The molecule has 7 nitrogen and oxygen atoms in total. The van der Waals surface area contributed by atoms with Gasteiger partial charge >= 0.3 is 0 Å². The van der Waals surface area contributed by atoms with E-state index in [0.717, 1.165) is 4.90 Å². The van der Waals surface area contributed by atoms with Gasteiger partial charge in [-0.05, 0) is 55.3 Å². The summed E-state index contributed by atoms with van der Waals surface area (Å²) in [6, 6.07) is 20.5. The van der Waals surface area contributed by atoms with Crippen LogP contribution in [0, 0.1) is 10.1 Å². The quantitative estimate of drug-likeness (QED) is 0.363. The van der Waals surface area contributed by atoms with E-state index in [0.29, 0.717) is 47.0 Å². The fraction of sp³-hybridized carbons (Fsp3) is 0.200. The van der Waals surface area contributed by atoms with E-state index in [1.165, 1.54) is 23.9 Å². The third-order valence-corrected chi connectivity index (χ3v) is 6.93. The molecule has 0 atom stereocenters. The summed E-state index contributed by atoms with van der Waals surface area (Å²) in [6.07, 6.45) is 1.22. The minimum Gasteiger partial charge on any atom is -0.349 e. The fourth-order valence-electron chi connectivity index (χ4n) is 3.77. The predicted octanol–water partition coefficient (Wildman–Crippen LogP) is 5.43. The Morgan fingerprint density at radius 3 is 2.32 bits per heavy atom.